The number of aromatic nitrogens is 2. The van der Waals surface area contributed by atoms with Gasteiger partial charge in [0.2, 0.25) is 0 Å². The first kappa shape index (κ1) is 11.9. The highest BCUT2D eigenvalue weighted by molar-refractivity contribution is 7.26. The molecule has 3 aromatic rings. The summed E-state index contributed by atoms with van der Waals surface area (Å²) in [4.78, 5) is 1.26. The number of aryl methyl sites for hydroxylation is 2. The Morgan fingerprint density at radius 1 is 1.39 bits per heavy atom. The van der Waals surface area contributed by atoms with E-state index < -0.39 is 0 Å². The first-order valence-corrected chi connectivity index (χ1v) is 7.55. The molecule has 0 fully saturated rings. The monoisotopic (exact) mass is 277 g/mol. The molecule has 18 heavy (non-hydrogen) atoms. The molecule has 0 amide bonds. The van der Waals surface area contributed by atoms with Crippen molar-refractivity contribution < 1.29 is 0 Å². The standard InChI is InChI=1S/C13H15N3S2/c1-8-5-9(16(2)15-8)6-10(14)12-7-13-11(18-12)3-4-17-13/h3-5,7,10H,6,14H2,1-2H3. The van der Waals surface area contributed by atoms with Crippen LogP contribution in [-0.2, 0) is 13.5 Å². The number of hydrogen-bond donors (Lipinski definition) is 1. The van der Waals surface area contributed by atoms with E-state index in [1.807, 2.05) is 18.7 Å². The van der Waals surface area contributed by atoms with Crippen LogP contribution in [0.1, 0.15) is 22.3 Å². The van der Waals surface area contributed by atoms with E-state index in [0.717, 1.165) is 12.1 Å². The van der Waals surface area contributed by atoms with Crippen LogP contribution in [0.4, 0.5) is 0 Å². The van der Waals surface area contributed by atoms with Gasteiger partial charge in [0, 0.05) is 39.5 Å². The average molecular weight is 277 g/mol. The van der Waals surface area contributed by atoms with Gasteiger partial charge in [0.05, 0.1) is 5.69 Å². The number of rotatable bonds is 3. The number of nitrogens with two attached hydrogens (primary N) is 1. The number of thiophene rings is 2. The van der Waals surface area contributed by atoms with Crippen LogP contribution < -0.4 is 5.73 Å². The lowest BCUT2D eigenvalue weighted by Crippen LogP contribution is -2.14. The van der Waals surface area contributed by atoms with E-state index in [-0.39, 0.29) is 6.04 Å². The van der Waals surface area contributed by atoms with E-state index in [2.05, 4.69) is 28.7 Å². The summed E-state index contributed by atoms with van der Waals surface area (Å²) in [5, 5.41) is 6.48. The molecule has 1 atom stereocenters. The van der Waals surface area contributed by atoms with E-state index in [9.17, 15) is 0 Å². The summed E-state index contributed by atoms with van der Waals surface area (Å²) in [5.41, 5.74) is 8.54. The van der Waals surface area contributed by atoms with Crippen molar-refractivity contribution in [3.05, 3.63) is 39.8 Å². The molecule has 0 aromatic carbocycles. The molecule has 0 aliphatic rings. The van der Waals surface area contributed by atoms with Crippen LogP contribution in [-0.4, -0.2) is 9.78 Å². The van der Waals surface area contributed by atoms with Gasteiger partial charge in [0.15, 0.2) is 0 Å². The highest BCUT2D eigenvalue weighted by Gasteiger charge is 2.13. The zero-order chi connectivity index (χ0) is 12.7. The maximum Gasteiger partial charge on any atom is 0.0596 e. The Morgan fingerprint density at radius 3 is 2.89 bits per heavy atom. The van der Waals surface area contributed by atoms with Gasteiger partial charge in [-0.25, -0.2) is 0 Å². The second-order valence-corrected chi connectivity index (χ2v) is 6.57. The largest absolute Gasteiger partial charge is 0.323 e. The summed E-state index contributed by atoms with van der Waals surface area (Å²) >= 11 is 3.58. The van der Waals surface area contributed by atoms with E-state index in [1.54, 1.807) is 22.7 Å². The van der Waals surface area contributed by atoms with Gasteiger partial charge in [0.25, 0.3) is 0 Å². The maximum atomic E-state index is 6.30. The van der Waals surface area contributed by atoms with Crippen molar-refractivity contribution in [1.82, 2.24) is 9.78 Å². The summed E-state index contributed by atoms with van der Waals surface area (Å²) in [6.07, 6.45) is 0.838. The van der Waals surface area contributed by atoms with Crippen molar-refractivity contribution in [2.24, 2.45) is 12.8 Å². The fourth-order valence-electron chi connectivity index (χ4n) is 2.15. The molecule has 0 saturated heterocycles. The molecule has 2 N–H and O–H groups in total. The molecular formula is C13H15N3S2. The van der Waals surface area contributed by atoms with Crippen molar-refractivity contribution in [2.75, 3.05) is 0 Å². The Balaban J connectivity index is 1.84. The lowest BCUT2D eigenvalue weighted by molar-refractivity contribution is 0.646. The molecule has 3 nitrogen and oxygen atoms in total. The molecule has 94 valence electrons. The van der Waals surface area contributed by atoms with Gasteiger partial charge in [-0.15, -0.1) is 22.7 Å². The zero-order valence-corrected chi connectivity index (χ0v) is 12.0. The molecular weight excluding hydrogens is 262 g/mol. The Labute approximate surface area is 114 Å². The van der Waals surface area contributed by atoms with E-state index in [1.165, 1.54) is 20.0 Å². The van der Waals surface area contributed by atoms with Gasteiger partial charge in [-0.3, -0.25) is 4.68 Å². The van der Waals surface area contributed by atoms with Crippen molar-refractivity contribution in [1.29, 1.82) is 0 Å². The van der Waals surface area contributed by atoms with Crippen molar-refractivity contribution in [3.63, 3.8) is 0 Å². The molecule has 3 aromatic heterocycles. The Hall–Kier alpha value is -1.17. The highest BCUT2D eigenvalue weighted by Crippen LogP contribution is 2.33. The molecule has 0 radical (unpaired) electrons. The van der Waals surface area contributed by atoms with Crippen LogP contribution in [0.5, 0.6) is 0 Å². The van der Waals surface area contributed by atoms with Crippen molar-refractivity contribution in [3.8, 4) is 0 Å². The summed E-state index contributed by atoms with van der Waals surface area (Å²) in [7, 11) is 1.97. The third-order valence-corrected chi connectivity index (χ3v) is 5.28. The van der Waals surface area contributed by atoms with Gasteiger partial charge in [-0.2, -0.15) is 5.10 Å². The minimum atomic E-state index is 0.0596. The Bertz CT molecular complexity index is 649. The zero-order valence-electron chi connectivity index (χ0n) is 10.4. The molecule has 3 rings (SSSR count). The molecule has 5 heteroatoms. The minimum absolute atomic E-state index is 0.0596. The molecule has 0 saturated carbocycles. The van der Waals surface area contributed by atoms with Gasteiger partial charge in [-0.05, 0) is 30.5 Å². The van der Waals surface area contributed by atoms with Gasteiger partial charge < -0.3 is 5.73 Å². The third-order valence-electron chi connectivity index (χ3n) is 3.05. The fourth-order valence-corrected chi connectivity index (χ4v) is 4.27. The number of nitrogens with zero attached hydrogens (tertiary/aromatic N) is 2. The molecule has 3 heterocycles. The summed E-state index contributed by atoms with van der Waals surface area (Å²) in [6.45, 7) is 2.01. The molecule has 0 aliphatic heterocycles. The first-order chi connectivity index (χ1) is 8.63. The van der Waals surface area contributed by atoms with E-state index in [4.69, 9.17) is 5.73 Å². The van der Waals surface area contributed by atoms with Crippen LogP contribution in [0.25, 0.3) is 9.40 Å². The van der Waals surface area contributed by atoms with Crippen molar-refractivity contribution in [2.45, 2.75) is 19.4 Å². The molecule has 0 bridgehead atoms. The van der Waals surface area contributed by atoms with E-state index in [0.29, 0.717) is 0 Å². The molecule has 1 unspecified atom stereocenters. The number of hydrogen-bond acceptors (Lipinski definition) is 4. The summed E-state index contributed by atoms with van der Waals surface area (Å²) in [5.74, 6) is 0. The second-order valence-electron chi connectivity index (χ2n) is 4.51. The Kier molecular flexibility index (Phi) is 2.97. The Morgan fingerprint density at radius 2 is 2.22 bits per heavy atom. The van der Waals surface area contributed by atoms with Crippen LogP contribution in [0, 0.1) is 6.92 Å². The average Bonchev–Trinajstić information content (AvgIpc) is 2.93. The SMILES string of the molecule is Cc1cc(CC(N)c2cc3sccc3s2)n(C)n1. The number of fused-ring (bicyclic) bond motifs is 1. The van der Waals surface area contributed by atoms with Gasteiger partial charge in [0.1, 0.15) is 0 Å². The topological polar surface area (TPSA) is 43.8 Å². The predicted molar refractivity (Wildman–Crippen MR) is 78.3 cm³/mol. The quantitative estimate of drug-likeness (QED) is 0.798. The third kappa shape index (κ3) is 2.09. The minimum Gasteiger partial charge on any atom is -0.323 e. The predicted octanol–water partition coefficient (Wildman–Crippen LogP) is 3.25. The first-order valence-electron chi connectivity index (χ1n) is 5.85. The van der Waals surface area contributed by atoms with E-state index >= 15 is 0 Å². The second kappa shape index (κ2) is 4.50. The highest BCUT2D eigenvalue weighted by atomic mass is 32.1. The summed E-state index contributed by atoms with van der Waals surface area (Å²) in [6, 6.07) is 6.55. The molecule has 0 aliphatic carbocycles. The lowest BCUT2D eigenvalue weighted by Gasteiger charge is -2.09. The lowest BCUT2D eigenvalue weighted by atomic mass is 10.1. The van der Waals surface area contributed by atoms with Crippen LogP contribution in [0.15, 0.2) is 23.6 Å². The maximum absolute atomic E-state index is 6.30. The molecule has 0 spiro atoms. The smallest absolute Gasteiger partial charge is 0.0596 e. The fraction of sp³-hybridized carbons (Fsp3) is 0.308. The van der Waals surface area contributed by atoms with Crippen molar-refractivity contribution >= 4 is 32.1 Å². The van der Waals surface area contributed by atoms with Crippen LogP contribution in [0.2, 0.25) is 0 Å². The van der Waals surface area contributed by atoms with Gasteiger partial charge in [-0.1, -0.05) is 0 Å². The van der Waals surface area contributed by atoms with Crippen LogP contribution >= 0.6 is 22.7 Å². The van der Waals surface area contributed by atoms with Gasteiger partial charge >= 0.3 is 0 Å². The normalized spacial score (nSPS) is 13.3. The summed E-state index contributed by atoms with van der Waals surface area (Å²) < 4.78 is 4.60. The van der Waals surface area contributed by atoms with Crippen LogP contribution in [0.3, 0.4) is 0 Å².